The fraction of sp³-hybridized carbons (Fsp3) is 0.360. The van der Waals surface area contributed by atoms with Gasteiger partial charge in [-0.05, 0) is 30.5 Å². The lowest BCUT2D eigenvalue weighted by Crippen LogP contribution is -2.36. The molecule has 0 radical (unpaired) electrons. The summed E-state index contributed by atoms with van der Waals surface area (Å²) in [6.45, 7) is 2.02. The number of carbonyl (C=O) groups is 1. The molecule has 0 spiro atoms. The minimum atomic E-state index is 0.141. The monoisotopic (exact) mass is 404 g/mol. The molecule has 30 heavy (non-hydrogen) atoms. The van der Waals surface area contributed by atoms with Crippen LogP contribution in [0.2, 0.25) is 0 Å². The number of nitrogens with two attached hydrogens (primary N) is 1. The van der Waals surface area contributed by atoms with E-state index in [0.29, 0.717) is 26.1 Å². The Hall–Kier alpha value is -2.92. The van der Waals surface area contributed by atoms with Crippen LogP contribution in [0.15, 0.2) is 73.2 Å². The standard InChI is InChI=1S/C25H32N4O/c26-16-9-3-8-14-25(30)29(17-15-23-18-27-20-28-23)19-24(21-10-4-1-5-11-21)22-12-6-2-7-13-22/h1-2,4-7,10-13,18,20,24H,3,8-9,14-17,19,26H2,(H,27,28). The van der Waals surface area contributed by atoms with Crippen LogP contribution in [0.3, 0.4) is 0 Å². The molecule has 0 saturated carbocycles. The van der Waals surface area contributed by atoms with Crippen molar-refractivity contribution in [3.63, 3.8) is 0 Å². The van der Waals surface area contributed by atoms with Crippen molar-refractivity contribution in [1.29, 1.82) is 0 Å². The van der Waals surface area contributed by atoms with Gasteiger partial charge in [0.15, 0.2) is 0 Å². The first-order valence-corrected chi connectivity index (χ1v) is 10.8. The number of H-pyrrole nitrogens is 1. The van der Waals surface area contributed by atoms with E-state index in [1.807, 2.05) is 23.2 Å². The van der Waals surface area contributed by atoms with Crippen molar-refractivity contribution < 1.29 is 4.79 Å². The number of nitrogens with one attached hydrogen (secondary N) is 1. The second-order valence-corrected chi connectivity index (χ2v) is 7.64. The predicted molar refractivity (Wildman–Crippen MR) is 121 cm³/mol. The van der Waals surface area contributed by atoms with E-state index < -0.39 is 0 Å². The average Bonchev–Trinajstić information content (AvgIpc) is 3.31. The Balaban J connectivity index is 1.77. The highest BCUT2D eigenvalue weighted by Gasteiger charge is 2.21. The van der Waals surface area contributed by atoms with E-state index in [1.54, 1.807) is 6.33 Å². The van der Waals surface area contributed by atoms with Gasteiger partial charge in [-0.25, -0.2) is 4.98 Å². The minimum Gasteiger partial charge on any atom is -0.348 e. The fourth-order valence-electron chi connectivity index (χ4n) is 3.74. The number of aromatic nitrogens is 2. The number of aromatic amines is 1. The van der Waals surface area contributed by atoms with Crippen molar-refractivity contribution in [1.82, 2.24) is 14.9 Å². The van der Waals surface area contributed by atoms with E-state index in [1.165, 1.54) is 11.1 Å². The van der Waals surface area contributed by atoms with Gasteiger partial charge in [-0.3, -0.25) is 4.79 Å². The molecular formula is C25H32N4O. The molecule has 5 nitrogen and oxygen atoms in total. The van der Waals surface area contributed by atoms with Crippen LogP contribution in [-0.2, 0) is 11.2 Å². The summed E-state index contributed by atoms with van der Waals surface area (Å²) in [6, 6.07) is 20.9. The number of amides is 1. The molecular weight excluding hydrogens is 372 g/mol. The summed E-state index contributed by atoms with van der Waals surface area (Å²) in [5.41, 5.74) is 9.10. The van der Waals surface area contributed by atoms with Crippen LogP contribution in [0.4, 0.5) is 0 Å². The van der Waals surface area contributed by atoms with E-state index in [0.717, 1.165) is 31.4 Å². The molecule has 0 fully saturated rings. The fourth-order valence-corrected chi connectivity index (χ4v) is 3.74. The van der Waals surface area contributed by atoms with Crippen LogP contribution in [0.25, 0.3) is 0 Å². The zero-order valence-corrected chi connectivity index (χ0v) is 17.5. The normalized spacial score (nSPS) is 11.0. The Kier molecular flexibility index (Phi) is 8.66. The largest absolute Gasteiger partial charge is 0.348 e. The number of carbonyl (C=O) groups excluding carboxylic acids is 1. The number of imidazole rings is 1. The van der Waals surface area contributed by atoms with Crippen molar-refractivity contribution in [3.8, 4) is 0 Å². The van der Waals surface area contributed by atoms with E-state index in [2.05, 4.69) is 58.5 Å². The molecule has 0 atom stereocenters. The lowest BCUT2D eigenvalue weighted by molar-refractivity contribution is -0.131. The summed E-state index contributed by atoms with van der Waals surface area (Å²) in [5.74, 6) is 0.352. The van der Waals surface area contributed by atoms with E-state index in [9.17, 15) is 4.79 Å². The Bertz CT molecular complexity index is 810. The molecule has 0 aliphatic heterocycles. The highest BCUT2D eigenvalue weighted by atomic mass is 16.2. The van der Waals surface area contributed by atoms with E-state index >= 15 is 0 Å². The number of hydrogen-bond donors (Lipinski definition) is 2. The lowest BCUT2D eigenvalue weighted by Gasteiger charge is -2.28. The van der Waals surface area contributed by atoms with E-state index in [-0.39, 0.29) is 11.8 Å². The average molecular weight is 405 g/mol. The second-order valence-electron chi connectivity index (χ2n) is 7.64. The number of benzene rings is 2. The van der Waals surface area contributed by atoms with Gasteiger partial charge in [0, 0.05) is 43.7 Å². The molecule has 1 aromatic heterocycles. The Morgan fingerprint density at radius 3 is 2.20 bits per heavy atom. The summed E-state index contributed by atoms with van der Waals surface area (Å²) in [4.78, 5) is 22.4. The summed E-state index contributed by atoms with van der Waals surface area (Å²) in [7, 11) is 0. The number of hydrogen-bond acceptors (Lipinski definition) is 3. The Labute approximate surface area is 179 Å². The first-order chi connectivity index (χ1) is 14.8. The van der Waals surface area contributed by atoms with Crippen LogP contribution in [-0.4, -0.2) is 40.4 Å². The summed E-state index contributed by atoms with van der Waals surface area (Å²) in [5, 5.41) is 0. The molecule has 0 unspecified atom stereocenters. The van der Waals surface area contributed by atoms with Crippen LogP contribution in [0.5, 0.6) is 0 Å². The second kappa shape index (κ2) is 11.9. The Morgan fingerprint density at radius 1 is 0.967 bits per heavy atom. The highest BCUT2D eigenvalue weighted by molar-refractivity contribution is 5.76. The van der Waals surface area contributed by atoms with Crippen LogP contribution in [0, 0.1) is 0 Å². The predicted octanol–water partition coefficient (Wildman–Crippen LogP) is 4.13. The smallest absolute Gasteiger partial charge is 0.222 e. The van der Waals surface area contributed by atoms with Crippen molar-refractivity contribution >= 4 is 5.91 Å². The molecule has 1 heterocycles. The van der Waals surface area contributed by atoms with Gasteiger partial charge in [-0.15, -0.1) is 0 Å². The highest BCUT2D eigenvalue weighted by Crippen LogP contribution is 2.26. The Morgan fingerprint density at radius 2 is 1.63 bits per heavy atom. The molecule has 2 aromatic carbocycles. The van der Waals surface area contributed by atoms with Crippen LogP contribution >= 0.6 is 0 Å². The van der Waals surface area contributed by atoms with Gasteiger partial charge in [-0.2, -0.15) is 0 Å². The SMILES string of the molecule is NCCCCCC(=O)N(CCc1cnc[nH]1)CC(c1ccccc1)c1ccccc1. The molecule has 0 bridgehead atoms. The molecule has 0 aliphatic carbocycles. The van der Waals surface area contributed by atoms with Gasteiger partial charge in [0.2, 0.25) is 5.91 Å². The maximum absolute atomic E-state index is 13.1. The molecule has 3 N–H and O–H groups in total. The molecule has 3 aromatic rings. The summed E-state index contributed by atoms with van der Waals surface area (Å²) >= 11 is 0. The zero-order chi connectivity index (χ0) is 21.0. The van der Waals surface area contributed by atoms with Gasteiger partial charge in [0.05, 0.1) is 6.33 Å². The summed E-state index contributed by atoms with van der Waals surface area (Å²) in [6.07, 6.45) is 7.71. The topological polar surface area (TPSA) is 75.0 Å². The van der Waals surface area contributed by atoms with Gasteiger partial charge in [0.1, 0.15) is 0 Å². The number of unbranched alkanes of at least 4 members (excludes halogenated alkanes) is 2. The van der Waals surface area contributed by atoms with Gasteiger partial charge in [-0.1, -0.05) is 67.1 Å². The number of rotatable bonds is 12. The lowest BCUT2D eigenvalue weighted by atomic mass is 9.90. The first kappa shape index (κ1) is 21.8. The maximum atomic E-state index is 13.1. The molecule has 1 amide bonds. The van der Waals surface area contributed by atoms with E-state index in [4.69, 9.17) is 5.73 Å². The van der Waals surface area contributed by atoms with Gasteiger partial charge < -0.3 is 15.6 Å². The molecule has 158 valence electrons. The summed E-state index contributed by atoms with van der Waals surface area (Å²) < 4.78 is 0. The number of nitrogens with zero attached hydrogens (tertiary/aromatic N) is 2. The third kappa shape index (κ3) is 6.56. The molecule has 0 aliphatic rings. The first-order valence-electron chi connectivity index (χ1n) is 10.8. The molecule has 0 saturated heterocycles. The van der Waals surface area contributed by atoms with Crippen molar-refractivity contribution in [3.05, 3.63) is 90.0 Å². The third-order valence-corrected chi connectivity index (χ3v) is 5.46. The third-order valence-electron chi connectivity index (χ3n) is 5.46. The van der Waals surface area contributed by atoms with Crippen LogP contribution < -0.4 is 5.73 Å². The van der Waals surface area contributed by atoms with Crippen molar-refractivity contribution in [2.45, 2.75) is 38.0 Å². The van der Waals surface area contributed by atoms with Gasteiger partial charge >= 0.3 is 0 Å². The molecule has 5 heteroatoms. The molecule has 3 rings (SSSR count). The zero-order valence-electron chi connectivity index (χ0n) is 17.5. The maximum Gasteiger partial charge on any atom is 0.222 e. The van der Waals surface area contributed by atoms with Crippen molar-refractivity contribution in [2.75, 3.05) is 19.6 Å². The van der Waals surface area contributed by atoms with Gasteiger partial charge in [0.25, 0.3) is 0 Å². The van der Waals surface area contributed by atoms with Crippen molar-refractivity contribution in [2.24, 2.45) is 5.73 Å². The minimum absolute atomic E-state index is 0.141. The van der Waals surface area contributed by atoms with Crippen LogP contribution in [0.1, 0.15) is 48.4 Å². The quantitative estimate of drug-likeness (QED) is 0.446.